The van der Waals surface area contributed by atoms with Crippen molar-refractivity contribution in [2.75, 3.05) is 26.9 Å². The summed E-state index contributed by atoms with van der Waals surface area (Å²) >= 11 is 0. The van der Waals surface area contributed by atoms with Crippen LogP contribution in [0.25, 0.3) is 17.9 Å². The molecule has 446 valence electrons. The maximum absolute atomic E-state index is 13.1. The maximum Gasteiger partial charge on any atom is 0.330 e. The van der Waals surface area contributed by atoms with Crippen molar-refractivity contribution in [3.8, 4) is 40.2 Å². The highest BCUT2D eigenvalue weighted by Crippen LogP contribution is 2.45. The number of aromatic hydroxyl groups is 4. The predicted octanol–water partition coefficient (Wildman–Crippen LogP) is -0.805. The summed E-state index contributed by atoms with van der Waals surface area (Å²) in [6, 6.07) is 17.5. The molecule has 3 saturated heterocycles. The van der Waals surface area contributed by atoms with Crippen molar-refractivity contribution in [3.05, 3.63) is 119 Å². The first kappa shape index (κ1) is 61.0. The Morgan fingerprint density at radius 3 is 1.69 bits per heavy atom. The highest BCUT2D eigenvalue weighted by molar-refractivity contribution is 5.90. The molecule has 28 nitrogen and oxygen atoms in total. The number of hydrogen-bond acceptors (Lipinski definition) is 27. The third-order valence-corrected chi connectivity index (χ3v) is 13.3. The molecule has 3 fully saturated rings. The minimum atomic E-state index is -2.15. The molecule has 0 spiro atoms. The van der Waals surface area contributed by atoms with Gasteiger partial charge in [-0.3, -0.25) is 9.59 Å². The van der Waals surface area contributed by atoms with Crippen LogP contribution in [-0.2, 0) is 63.5 Å². The zero-order valence-electron chi connectivity index (χ0n) is 43.4. The van der Waals surface area contributed by atoms with Crippen LogP contribution >= 0.6 is 0 Å². The molecule has 0 unspecified atom stereocenters. The van der Waals surface area contributed by atoms with Gasteiger partial charge < -0.3 is 118 Å². The Morgan fingerprint density at radius 1 is 0.554 bits per heavy atom. The van der Waals surface area contributed by atoms with Crippen molar-refractivity contribution in [1.29, 1.82) is 0 Å². The van der Waals surface area contributed by atoms with Crippen molar-refractivity contribution >= 4 is 41.8 Å². The van der Waals surface area contributed by atoms with Gasteiger partial charge in [-0.1, -0.05) is 18.2 Å². The Kier molecular flexibility index (Phi) is 19.7. The summed E-state index contributed by atoms with van der Waals surface area (Å²) in [5, 5.41) is 139. The highest BCUT2D eigenvalue weighted by atomic mass is 16.8. The largest absolute Gasteiger partial charge is 0.508 e. The summed E-state index contributed by atoms with van der Waals surface area (Å²) in [4.78, 5) is 48.9. The Morgan fingerprint density at radius 2 is 1.08 bits per heavy atom. The van der Waals surface area contributed by atoms with E-state index in [4.69, 9.17) is 57.2 Å². The van der Waals surface area contributed by atoms with Crippen molar-refractivity contribution in [3.63, 3.8) is 0 Å². The molecule has 28 heteroatoms. The van der Waals surface area contributed by atoms with E-state index < -0.39 is 154 Å². The molecule has 0 aliphatic carbocycles. The fourth-order valence-corrected chi connectivity index (χ4v) is 8.82. The van der Waals surface area contributed by atoms with Crippen molar-refractivity contribution in [1.82, 2.24) is 0 Å². The number of benzene rings is 4. The molecular weight excluding hydrogens is 1110 g/mol. The standard InChI is InChI=1S/C55H58O28/c1-73-34-16-25(4-13-31(34)59)6-15-41(63)75-22-38-45(67)48(70)52(83-54-50(72)47(69)43(65)36(81-54)21-74-40(62)14-5-24-2-9-27(56)10-3-24)55(82-38)79-35-19-30-32(77-51(35)26-7-11-28(57)12-8-26)17-29(58)18-33(30)78-53-49(71)46(68)44(66)37(80-53)23-76-42(64)20-39(60)61/h2-18,36-38,43-50,52-59,65-72H,19-23H2,1H3,(H,60,61)/b14-5+,15-6+/t36-,37-,38-,43-,44-,45-,46+,47+,48+,49-,50-,52-,53-,54+,55-/m1/s1. The van der Waals surface area contributed by atoms with Gasteiger partial charge in [0.25, 0.3) is 0 Å². The molecule has 15 atom stereocenters. The lowest BCUT2D eigenvalue weighted by Crippen LogP contribution is -2.64. The first-order valence-electron chi connectivity index (χ1n) is 25.3. The summed E-state index contributed by atoms with van der Waals surface area (Å²) in [6.07, 6.45) is -26.0. The van der Waals surface area contributed by atoms with Gasteiger partial charge in [-0.25, -0.2) is 9.59 Å². The molecule has 83 heavy (non-hydrogen) atoms. The number of carbonyl (C=O) groups excluding carboxylic acids is 3. The molecule has 0 aromatic heterocycles. The third kappa shape index (κ3) is 14.9. The van der Waals surface area contributed by atoms with Crippen LogP contribution in [0.3, 0.4) is 0 Å². The van der Waals surface area contributed by atoms with Crippen LogP contribution in [0.15, 0.2) is 96.8 Å². The number of ether oxygens (including phenoxy) is 11. The quantitative estimate of drug-likeness (QED) is 0.0223. The third-order valence-electron chi connectivity index (χ3n) is 13.3. The number of hydrogen-bond donors (Lipinski definition) is 13. The number of carboxylic acids is 1. The van der Waals surface area contributed by atoms with Crippen LogP contribution in [0.4, 0.5) is 0 Å². The molecule has 4 aliphatic heterocycles. The van der Waals surface area contributed by atoms with Crippen molar-refractivity contribution in [2.24, 2.45) is 0 Å². The van der Waals surface area contributed by atoms with Gasteiger partial charge in [0.15, 0.2) is 29.7 Å². The van der Waals surface area contributed by atoms with Crippen molar-refractivity contribution < 1.29 is 138 Å². The number of aliphatic carboxylic acids is 1. The molecule has 4 aliphatic rings. The number of phenols is 4. The van der Waals surface area contributed by atoms with E-state index in [-0.39, 0.29) is 57.1 Å². The smallest absolute Gasteiger partial charge is 0.330 e. The fourth-order valence-electron chi connectivity index (χ4n) is 8.82. The van der Waals surface area contributed by atoms with Gasteiger partial charge in [-0.05, 0) is 71.8 Å². The van der Waals surface area contributed by atoms with E-state index in [9.17, 15) is 80.5 Å². The average molecular weight is 1170 g/mol. The van der Waals surface area contributed by atoms with E-state index in [1.165, 1.54) is 86.0 Å². The van der Waals surface area contributed by atoms with E-state index in [0.717, 1.165) is 24.3 Å². The number of methoxy groups -OCH3 is 1. The first-order valence-corrected chi connectivity index (χ1v) is 25.3. The number of aliphatic hydroxyl groups is 8. The fraction of sp³-hybridized carbons (Fsp3) is 0.382. The summed E-state index contributed by atoms with van der Waals surface area (Å²) < 4.78 is 63.2. The van der Waals surface area contributed by atoms with Crippen LogP contribution in [0, 0.1) is 0 Å². The number of fused-ring (bicyclic) bond motifs is 1. The lowest BCUT2D eigenvalue weighted by molar-refractivity contribution is -0.363. The van der Waals surface area contributed by atoms with Crippen LogP contribution in [0.1, 0.15) is 28.7 Å². The van der Waals surface area contributed by atoms with E-state index in [1.807, 2.05) is 0 Å². The SMILES string of the molecule is COc1cc(/C=C/C(=O)OC[C@H]2O[C@@H](OC3=C(c4ccc(O)cc4)Oc4cc(O)cc(O[C@@H]5O[C@H](COC(=O)CC(=O)O)[C@@H](O)[C@H](O)[C@H]5O)c4C3)[C@H](O[C@@H]3O[C@H](COC(=O)/C=C/c4ccc(O)cc4)[C@@H](O)[C@H](O)[C@H]3O)[C@@H](O)[C@@H]2O)ccc1O. The Hall–Kier alpha value is -8.10. The molecule has 0 saturated carbocycles. The number of aliphatic hydroxyl groups excluding tert-OH is 8. The zero-order chi connectivity index (χ0) is 59.8. The zero-order valence-corrected chi connectivity index (χ0v) is 43.4. The van der Waals surface area contributed by atoms with Crippen molar-refractivity contribution in [2.45, 2.75) is 105 Å². The van der Waals surface area contributed by atoms with Crippen LogP contribution < -0.4 is 14.2 Å². The number of allylic oxidation sites excluding steroid dienone is 1. The minimum absolute atomic E-state index is 0.0167. The van der Waals surface area contributed by atoms with Gasteiger partial charge in [0.05, 0.1) is 7.11 Å². The predicted molar refractivity (Wildman–Crippen MR) is 274 cm³/mol. The van der Waals surface area contributed by atoms with Gasteiger partial charge >= 0.3 is 23.9 Å². The second-order valence-corrected chi connectivity index (χ2v) is 19.1. The molecule has 8 rings (SSSR count). The Balaban J connectivity index is 1.09. The molecule has 0 radical (unpaired) electrons. The van der Waals surface area contributed by atoms with Crippen LogP contribution in [-0.4, -0.2) is 209 Å². The topological polar surface area (TPSA) is 433 Å². The maximum atomic E-state index is 13.1. The highest BCUT2D eigenvalue weighted by Gasteiger charge is 2.53. The lowest BCUT2D eigenvalue weighted by Gasteiger charge is -2.46. The normalized spacial score (nSPS) is 28.9. The summed E-state index contributed by atoms with van der Waals surface area (Å²) in [7, 11) is 1.32. The lowest BCUT2D eigenvalue weighted by atomic mass is 9.97. The van der Waals surface area contributed by atoms with Gasteiger partial charge in [-0.2, -0.15) is 0 Å². The molecule has 4 aromatic rings. The van der Waals surface area contributed by atoms with E-state index in [0.29, 0.717) is 11.1 Å². The number of rotatable bonds is 20. The minimum Gasteiger partial charge on any atom is -0.508 e. The number of esters is 3. The Labute approximate surface area is 469 Å². The van der Waals surface area contributed by atoms with E-state index in [2.05, 4.69) is 0 Å². The molecular formula is C55H58O28. The van der Waals surface area contributed by atoms with Crippen LogP contribution in [0.5, 0.6) is 40.2 Å². The van der Waals surface area contributed by atoms with Gasteiger partial charge in [-0.15, -0.1) is 0 Å². The van der Waals surface area contributed by atoms with Gasteiger partial charge in [0.1, 0.15) is 128 Å². The summed E-state index contributed by atoms with van der Waals surface area (Å²) in [5.41, 5.74) is 1.07. The average Bonchev–Trinajstić information content (AvgIpc) is 3.13. The second-order valence-electron chi connectivity index (χ2n) is 19.1. The number of carbonyl (C=O) groups is 4. The summed E-state index contributed by atoms with van der Waals surface area (Å²) in [5.74, 6) is -6.40. The first-order chi connectivity index (χ1) is 39.6. The molecule has 13 N–H and O–H groups in total. The number of carboxylic acid groups (broad SMARTS) is 1. The molecule has 4 heterocycles. The van der Waals surface area contributed by atoms with E-state index >= 15 is 0 Å². The molecule has 0 bridgehead atoms. The van der Waals surface area contributed by atoms with E-state index in [1.54, 1.807) is 0 Å². The second kappa shape index (κ2) is 26.9. The Bertz CT molecular complexity index is 3030. The summed E-state index contributed by atoms with van der Waals surface area (Å²) in [6.45, 7) is -2.36. The molecule has 4 aromatic carbocycles. The van der Waals surface area contributed by atoms with Crippen LogP contribution in [0.2, 0.25) is 0 Å². The van der Waals surface area contributed by atoms with Gasteiger partial charge in [0, 0.05) is 41.8 Å². The number of phenolic OH excluding ortho intramolecular Hbond substituents is 4. The monoisotopic (exact) mass is 1170 g/mol. The molecule has 0 amide bonds. The van der Waals surface area contributed by atoms with Gasteiger partial charge in [0.2, 0.25) is 12.6 Å².